The highest BCUT2D eigenvalue weighted by Gasteiger charge is 2.22. The van der Waals surface area contributed by atoms with E-state index in [9.17, 15) is 5.11 Å². The molecule has 2 heteroatoms. The van der Waals surface area contributed by atoms with Crippen molar-refractivity contribution in [3.8, 4) is 11.5 Å². The number of aromatic hydroxyl groups is 1. The van der Waals surface area contributed by atoms with Crippen LogP contribution in [0.5, 0.6) is 11.5 Å². The Labute approximate surface area is 85.5 Å². The summed E-state index contributed by atoms with van der Waals surface area (Å²) in [5, 5.41) is 9.74. The molecule has 0 aliphatic rings. The van der Waals surface area contributed by atoms with Crippen molar-refractivity contribution in [1.82, 2.24) is 0 Å². The molecular formula is C12H18O2. The van der Waals surface area contributed by atoms with Gasteiger partial charge in [-0.05, 0) is 30.0 Å². The van der Waals surface area contributed by atoms with Crippen LogP contribution in [0.25, 0.3) is 0 Å². The maximum absolute atomic E-state index is 9.74. The maximum atomic E-state index is 9.74. The largest absolute Gasteiger partial charge is 0.508 e. The van der Waals surface area contributed by atoms with Crippen LogP contribution < -0.4 is 4.74 Å². The molecule has 1 aromatic rings. The highest BCUT2D eigenvalue weighted by Crippen LogP contribution is 2.35. The number of hydrogen-bond acceptors (Lipinski definition) is 2. The molecule has 0 heterocycles. The quantitative estimate of drug-likeness (QED) is 0.801. The summed E-state index contributed by atoms with van der Waals surface area (Å²) < 4.78 is 5.14. The Kier molecular flexibility index (Phi) is 3.04. The van der Waals surface area contributed by atoms with E-state index in [0.717, 1.165) is 17.7 Å². The van der Waals surface area contributed by atoms with Gasteiger partial charge in [-0.25, -0.2) is 0 Å². The molecule has 0 radical (unpaired) electrons. The zero-order chi connectivity index (χ0) is 10.8. The van der Waals surface area contributed by atoms with Crippen LogP contribution in [0.4, 0.5) is 0 Å². The van der Waals surface area contributed by atoms with Gasteiger partial charge in [0.15, 0.2) is 0 Å². The lowest BCUT2D eigenvalue weighted by Crippen LogP contribution is -2.15. The summed E-state index contributed by atoms with van der Waals surface area (Å²) >= 11 is 0. The molecule has 0 aliphatic carbocycles. The minimum absolute atomic E-state index is 0.0153. The fourth-order valence-corrected chi connectivity index (χ4v) is 1.37. The molecule has 1 aromatic carbocycles. The van der Waals surface area contributed by atoms with Crippen LogP contribution >= 0.6 is 0 Å². The zero-order valence-corrected chi connectivity index (χ0v) is 9.29. The van der Waals surface area contributed by atoms with Gasteiger partial charge < -0.3 is 9.84 Å². The van der Waals surface area contributed by atoms with E-state index >= 15 is 0 Å². The van der Waals surface area contributed by atoms with Gasteiger partial charge in [-0.2, -0.15) is 0 Å². The van der Waals surface area contributed by atoms with E-state index in [-0.39, 0.29) is 5.41 Å². The highest BCUT2D eigenvalue weighted by molar-refractivity contribution is 5.43. The Bertz CT molecular complexity index is 316. The van der Waals surface area contributed by atoms with Crippen molar-refractivity contribution in [1.29, 1.82) is 0 Å². The Morgan fingerprint density at radius 1 is 1.36 bits per heavy atom. The van der Waals surface area contributed by atoms with E-state index in [2.05, 4.69) is 20.8 Å². The first kappa shape index (κ1) is 10.9. The molecule has 0 unspecified atom stereocenters. The molecule has 0 aromatic heterocycles. The van der Waals surface area contributed by atoms with Crippen molar-refractivity contribution >= 4 is 0 Å². The highest BCUT2D eigenvalue weighted by atomic mass is 16.5. The molecule has 0 spiro atoms. The number of methoxy groups -OCH3 is 1. The molecule has 0 atom stereocenters. The van der Waals surface area contributed by atoms with E-state index in [1.165, 1.54) is 0 Å². The first-order valence-corrected chi connectivity index (χ1v) is 4.88. The lowest BCUT2D eigenvalue weighted by atomic mass is 9.81. The van der Waals surface area contributed by atoms with Gasteiger partial charge in [0.1, 0.15) is 11.5 Å². The lowest BCUT2D eigenvalue weighted by molar-refractivity contribution is 0.400. The van der Waals surface area contributed by atoms with Crippen LogP contribution in [0.3, 0.4) is 0 Å². The Hall–Kier alpha value is -1.18. The predicted octanol–water partition coefficient (Wildman–Crippen LogP) is 3.09. The second kappa shape index (κ2) is 3.91. The third kappa shape index (κ3) is 2.00. The Morgan fingerprint density at radius 3 is 2.50 bits per heavy atom. The van der Waals surface area contributed by atoms with Gasteiger partial charge >= 0.3 is 0 Å². The van der Waals surface area contributed by atoms with Crippen molar-refractivity contribution in [3.05, 3.63) is 23.8 Å². The van der Waals surface area contributed by atoms with Crippen LogP contribution in [0.2, 0.25) is 0 Å². The minimum atomic E-state index is -0.0153. The number of hydrogen-bond donors (Lipinski definition) is 1. The summed E-state index contributed by atoms with van der Waals surface area (Å²) in [7, 11) is 1.63. The average Bonchev–Trinajstić information content (AvgIpc) is 2.18. The molecule has 0 saturated carbocycles. The second-order valence-electron chi connectivity index (χ2n) is 4.12. The number of benzene rings is 1. The summed E-state index contributed by atoms with van der Waals surface area (Å²) in [6.07, 6.45) is 0.980. The van der Waals surface area contributed by atoms with Gasteiger partial charge in [0.2, 0.25) is 0 Å². The first-order chi connectivity index (χ1) is 6.51. The van der Waals surface area contributed by atoms with Gasteiger partial charge in [-0.15, -0.1) is 0 Å². The van der Waals surface area contributed by atoms with Crippen LogP contribution in [-0.2, 0) is 5.41 Å². The summed E-state index contributed by atoms with van der Waals surface area (Å²) in [6, 6.07) is 5.36. The summed E-state index contributed by atoms with van der Waals surface area (Å²) in [5.41, 5.74) is 0.929. The van der Waals surface area contributed by atoms with Gasteiger partial charge in [0.05, 0.1) is 7.11 Å². The summed E-state index contributed by atoms with van der Waals surface area (Å²) in [4.78, 5) is 0. The molecule has 0 saturated heterocycles. The van der Waals surface area contributed by atoms with E-state index in [4.69, 9.17) is 4.74 Å². The molecular weight excluding hydrogens is 176 g/mol. The molecule has 0 aliphatic heterocycles. The topological polar surface area (TPSA) is 29.5 Å². The van der Waals surface area contributed by atoms with E-state index in [1.54, 1.807) is 19.2 Å². The van der Waals surface area contributed by atoms with E-state index < -0.39 is 0 Å². The fraction of sp³-hybridized carbons (Fsp3) is 0.500. The standard InChI is InChI=1S/C12H18O2/c1-5-12(2,3)10-8-9(14-4)6-7-11(10)13/h6-8,13H,5H2,1-4H3. The molecule has 78 valence electrons. The smallest absolute Gasteiger partial charge is 0.119 e. The Balaban J connectivity index is 3.18. The third-order valence-corrected chi connectivity index (χ3v) is 2.82. The monoisotopic (exact) mass is 194 g/mol. The van der Waals surface area contributed by atoms with E-state index in [1.807, 2.05) is 6.07 Å². The van der Waals surface area contributed by atoms with Crippen LogP contribution in [0, 0.1) is 0 Å². The predicted molar refractivity (Wildman–Crippen MR) is 58.0 cm³/mol. The number of phenolic OH excluding ortho intramolecular Hbond substituents is 1. The third-order valence-electron chi connectivity index (χ3n) is 2.82. The van der Waals surface area contributed by atoms with Gasteiger partial charge in [0, 0.05) is 5.56 Å². The van der Waals surface area contributed by atoms with Crippen molar-refractivity contribution < 1.29 is 9.84 Å². The van der Waals surface area contributed by atoms with Crippen LogP contribution in [0.1, 0.15) is 32.8 Å². The number of rotatable bonds is 3. The molecule has 2 nitrogen and oxygen atoms in total. The molecule has 0 fully saturated rings. The summed E-state index contributed by atoms with van der Waals surface area (Å²) in [6.45, 7) is 6.34. The first-order valence-electron chi connectivity index (χ1n) is 4.88. The lowest BCUT2D eigenvalue weighted by Gasteiger charge is -2.24. The fourth-order valence-electron chi connectivity index (χ4n) is 1.37. The van der Waals surface area contributed by atoms with Crippen LogP contribution in [0.15, 0.2) is 18.2 Å². The Morgan fingerprint density at radius 2 is 2.00 bits per heavy atom. The molecule has 1 N–H and O–H groups in total. The number of phenols is 1. The normalized spacial score (nSPS) is 11.4. The average molecular weight is 194 g/mol. The molecule has 0 bridgehead atoms. The molecule has 14 heavy (non-hydrogen) atoms. The van der Waals surface area contributed by atoms with Crippen molar-refractivity contribution in [2.45, 2.75) is 32.6 Å². The second-order valence-corrected chi connectivity index (χ2v) is 4.12. The van der Waals surface area contributed by atoms with Crippen molar-refractivity contribution in [2.75, 3.05) is 7.11 Å². The van der Waals surface area contributed by atoms with Crippen molar-refractivity contribution in [2.24, 2.45) is 0 Å². The minimum Gasteiger partial charge on any atom is -0.508 e. The van der Waals surface area contributed by atoms with Crippen molar-refractivity contribution in [3.63, 3.8) is 0 Å². The molecule has 1 rings (SSSR count). The molecule has 0 amide bonds. The van der Waals surface area contributed by atoms with Gasteiger partial charge in [0.25, 0.3) is 0 Å². The van der Waals surface area contributed by atoms with Gasteiger partial charge in [-0.1, -0.05) is 20.8 Å². The summed E-state index contributed by atoms with van der Waals surface area (Å²) in [5.74, 6) is 1.14. The van der Waals surface area contributed by atoms with E-state index in [0.29, 0.717) is 5.75 Å². The zero-order valence-electron chi connectivity index (χ0n) is 9.29. The number of ether oxygens (including phenoxy) is 1. The van der Waals surface area contributed by atoms with Gasteiger partial charge in [-0.3, -0.25) is 0 Å². The van der Waals surface area contributed by atoms with Crippen LogP contribution in [-0.4, -0.2) is 12.2 Å². The SMILES string of the molecule is CCC(C)(C)c1cc(OC)ccc1O. The maximum Gasteiger partial charge on any atom is 0.119 e.